The molecule has 0 aliphatic rings. The Morgan fingerprint density at radius 2 is 2.00 bits per heavy atom. The fourth-order valence-electron chi connectivity index (χ4n) is 2.71. The molecule has 0 radical (unpaired) electrons. The molecule has 0 N–H and O–H groups in total. The molecule has 27 heavy (non-hydrogen) atoms. The zero-order chi connectivity index (χ0) is 19.7. The van der Waals surface area contributed by atoms with Crippen LogP contribution < -0.4 is 4.74 Å². The van der Waals surface area contributed by atoms with Crippen molar-refractivity contribution >= 4 is 22.9 Å². The molecule has 0 saturated heterocycles. The molecule has 0 saturated carbocycles. The van der Waals surface area contributed by atoms with Gasteiger partial charge in [0, 0.05) is 31.9 Å². The number of hydrogen-bond donors (Lipinski definition) is 0. The summed E-state index contributed by atoms with van der Waals surface area (Å²) in [6.45, 7) is 0. The number of benzene rings is 1. The van der Waals surface area contributed by atoms with E-state index in [1.807, 2.05) is 0 Å². The highest BCUT2D eigenvalue weighted by Gasteiger charge is 2.22. The molecular formula is C18H16N4O5. The molecule has 9 heteroatoms. The molecule has 0 aliphatic carbocycles. The van der Waals surface area contributed by atoms with Crippen LogP contribution in [0.3, 0.4) is 0 Å². The van der Waals surface area contributed by atoms with Crippen molar-refractivity contribution in [2.75, 3.05) is 21.2 Å². The first-order valence-electron chi connectivity index (χ1n) is 7.90. The van der Waals surface area contributed by atoms with Crippen LogP contribution >= 0.6 is 0 Å². The third kappa shape index (κ3) is 3.10. The van der Waals surface area contributed by atoms with E-state index in [2.05, 4.69) is 4.98 Å². The highest BCUT2D eigenvalue weighted by atomic mass is 16.6. The summed E-state index contributed by atoms with van der Waals surface area (Å²) in [7, 11) is 4.56. The normalized spacial score (nSPS) is 10.6. The number of ketones is 1. The number of methoxy groups -OCH3 is 1. The van der Waals surface area contributed by atoms with Gasteiger partial charge in [-0.2, -0.15) is 0 Å². The van der Waals surface area contributed by atoms with E-state index in [-0.39, 0.29) is 28.7 Å². The summed E-state index contributed by atoms with van der Waals surface area (Å²) >= 11 is 0. The minimum atomic E-state index is -0.586. The first-order chi connectivity index (χ1) is 12.8. The number of imidazole rings is 1. The Labute approximate surface area is 154 Å². The summed E-state index contributed by atoms with van der Waals surface area (Å²) in [6, 6.07) is 7.17. The molecule has 0 bridgehead atoms. The zero-order valence-corrected chi connectivity index (χ0v) is 14.9. The fourth-order valence-corrected chi connectivity index (χ4v) is 2.71. The Kier molecular flexibility index (Phi) is 4.59. The van der Waals surface area contributed by atoms with Crippen molar-refractivity contribution in [2.24, 2.45) is 0 Å². The van der Waals surface area contributed by atoms with Crippen molar-refractivity contribution in [3.8, 4) is 5.75 Å². The number of amides is 1. The lowest BCUT2D eigenvalue weighted by Gasteiger charge is -2.11. The Morgan fingerprint density at radius 1 is 1.26 bits per heavy atom. The van der Waals surface area contributed by atoms with Crippen LogP contribution in [0.25, 0.3) is 5.52 Å². The molecule has 1 aromatic carbocycles. The molecule has 3 rings (SSSR count). The van der Waals surface area contributed by atoms with Gasteiger partial charge in [0.1, 0.15) is 0 Å². The quantitative estimate of drug-likeness (QED) is 0.388. The van der Waals surface area contributed by atoms with Gasteiger partial charge in [-0.05, 0) is 24.3 Å². The van der Waals surface area contributed by atoms with Crippen LogP contribution in [0.4, 0.5) is 5.69 Å². The molecule has 2 heterocycles. The molecule has 0 spiro atoms. The number of nitrogens with zero attached hydrogens (tertiary/aromatic N) is 4. The van der Waals surface area contributed by atoms with Crippen molar-refractivity contribution in [3.05, 3.63) is 69.8 Å². The van der Waals surface area contributed by atoms with Crippen molar-refractivity contribution in [1.82, 2.24) is 14.3 Å². The minimum absolute atomic E-state index is 0.0183. The van der Waals surface area contributed by atoms with E-state index < -0.39 is 10.7 Å². The van der Waals surface area contributed by atoms with E-state index in [0.717, 1.165) is 0 Å². The summed E-state index contributed by atoms with van der Waals surface area (Å²) in [5, 5.41) is 11.0. The van der Waals surface area contributed by atoms with Gasteiger partial charge in [0.15, 0.2) is 11.6 Å². The maximum Gasteiger partial charge on any atom is 0.310 e. The van der Waals surface area contributed by atoms with Gasteiger partial charge in [-0.3, -0.25) is 24.1 Å². The van der Waals surface area contributed by atoms with Crippen molar-refractivity contribution in [2.45, 2.75) is 0 Å². The number of carbonyl (C=O) groups excluding carboxylic acids is 2. The Morgan fingerprint density at radius 3 is 2.63 bits per heavy atom. The van der Waals surface area contributed by atoms with Gasteiger partial charge in [-0.15, -0.1) is 0 Å². The highest BCUT2D eigenvalue weighted by molar-refractivity contribution is 6.08. The number of nitro benzene ring substituents is 1. The van der Waals surface area contributed by atoms with E-state index in [4.69, 9.17) is 4.74 Å². The van der Waals surface area contributed by atoms with Crippen LogP contribution in [0.1, 0.15) is 26.5 Å². The van der Waals surface area contributed by atoms with Crippen LogP contribution in [0, 0.1) is 10.1 Å². The third-order valence-electron chi connectivity index (χ3n) is 4.05. The molecule has 0 unspecified atom stereocenters. The monoisotopic (exact) mass is 368 g/mol. The Bertz CT molecular complexity index is 1070. The number of fused-ring (bicyclic) bond motifs is 1. The summed E-state index contributed by atoms with van der Waals surface area (Å²) in [5.74, 6) is -0.585. The average Bonchev–Trinajstić information content (AvgIpc) is 3.10. The van der Waals surface area contributed by atoms with Gasteiger partial charge in [0.2, 0.25) is 5.78 Å². The molecule has 1 amide bonds. The van der Waals surface area contributed by atoms with Crippen LogP contribution in [0.2, 0.25) is 0 Å². The molecule has 0 fully saturated rings. The highest BCUT2D eigenvalue weighted by Crippen LogP contribution is 2.28. The fraction of sp³-hybridized carbons (Fsp3) is 0.167. The number of carbonyl (C=O) groups is 2. The summed E-state index contributed by atoms with van der Waals surface area (Å²) in [6.07, 6.45) is 3.08. The number of nitro groups is 1. The van der Waals surface area contributed by atoms with Gasteiger partial charge in [-0.1, -0.05) is 0 Å². The number of aromatic nitrogens is 2. The first kappa shape index (κ1) is 18.1. The molecular weight excluding hydrogens is 352 g/mol. The predicted molar refractivity (Wildman–Crippen MR) is 96.3 cm³/mol. The minimum Gasteiger partial charge on any atom is -0.490 e. The lowest BCUT2D eigenvalue weighted by atomic mass is 10.1. The molecule has 3 aromatic rings. The van der Waals surface area contributed by atoms with E-state index in [0.29, 0.717) is 11.1 Å². The molecule has 138 valence electrons. The molecule has 2 aromatic heterocycles. The van der Waals surface area contributed by atoms with Gasteiger partial charge in [0.25, 0.3) is 5.91 Å². The number of rotatable bonds is 5. The largest absolute Gasteiger partial charge is 0.490 e. The third-order valence-corrected chi connectivity index (χ3v) is 4.05. The van der Waals surface area contributed by atoms with Gasteiger partial charge in [-0.25, -0.2) is 4.98 Å². The second kappa shape index (κ2) is 6.87. The Balaban J connectivity index is 2.08. The van der Waals surface area contributed by atoms with E-state index in [9.17, 15) is 19.7 Å². The first-order valence-corrected chi connectivity index (χ1v) is 7.90. The average molecular weight is 368 g/mol. The Hall–Kier alpha value is -3.75. The lowest BCUT2D eigenvalue weighted by molar-refractivity contribution is -0.385. The molecule has 9 nitrogen and oxygen atoms in total. The molecule has 0 aliphatic heterocycles. The van der Waals surface area contributed by atoms with Gasteiger partial charge >= 0.3 is 5.69 Å². The van der Waals surface area contributed by atoms with E-state index in [1.54, 1.807) is 32.4 Å². The SMILES string of the molecule is COc1cc(C(=O)c2ncc3c(C(=O)N(C)C)cccn23)ccc1[N+](=O)[O-]. The smallest absolute Gasteiger partial charge is 0.310 e. The van der Waals surface area contributed by atoms with Crippen LogP contribution in [0.15, 0.2) is 42.7 Å². The van der Waals surface area contributed by atoms with Crippen LogP contribution in [-0.2, 0) is 0 Å². The lowest BCUT2D eigenvalue weighted by Crippen LogP contribution is -2.22. The predicted octanol–water partition coefficient (Wildman–Crippen LogP) is 2.18. The number of ether oxygens (including phenoxy) is 1. The summed E-state index contributed by atoms with van der Waals surface area (Å²) in [5.41, 5.74) is 0.860. The zero-order valence-electron chi connectivity index (χ0n) is 14.9. The maximum absolute atomic E-state index is 12.9. The second-order valence-electron chi connectivity index (χ2n) is 5.93. The standard InChI is InChI=1S/C18H16N4O5/c1-20(2)18(24)12-5-4-8-21-14(12)10-19-17(21)16(23)11-6-7-13(22(25)26)15(9-11)27-3/h4-10H,1-3H3. The van der Waals surface area contributed by atoms with Crippen molar-refractivity contribution < 1.29 is 19.2 Å². The van der Waals surface area contributed by atoms with Crippen LogP contribution in [0.5, 0.6) is 5.75 Å². The summed E-state index contributed by atoms with van der Waals surface area (Å²) < 4.78 is 6.53. The van der Waals surface area contributed by atoms with Crippen LogP contribution in [-0.4, -0.2) is 52.1 Å². The number of pyridine rings is 1. The second-order valence-corrected chi connectivity index (χ2v) is 5.93. The van der Waals surface area contributed by atoms with Crippen molar-refractivity contribution in [1.29, 1.82) is 0 Å². The summed E-state index contributed by atoms with van der Waals surface area (Å²) in [4.78, 5) is 41.2. The van der Waals surface area contributed by atoms with E-state index in [1.165, 1.54) is 40.8 Å². The van der Waals surface area contributed by atoms with Gasteiger partial charge < -0.3 is 9.64 Å². The number of hydrogen-bond acceptors (Lipinski definition) is 6. The van der Waals surface area contributed by atoms with E-state index >= 15 is 0 Å². The molecule has 0 atom stereocenters. The van der Waals surface area contributed by atoms with Crippen molar-refractivity contribution in [3.63, 3.8) is 0 Å². The van der Waals surface area contributed by atoms with Gasteiger partial charge in [0.05, 0.1) is 29.3 Å². The topological polar surface area (TPSA) is 107 Å². The maximum atomic E-state index is 12.9.